The van der Waals surface area contributed by atoms with Gasteiger partial charge in [-0.2, -0.15) is 4.98 Å². The second-order valence-corrected chi connectivity index (χ2v) is 6.56. The van der Waals surface area contributed by atoms with E-state index >= 15 is 0 Å². The van der Waals surface area contributed by atoms with Gasteiger partial charge in [0.25, 0.3) is 11.4 Å². The molecule has 0 saturated heterocycles. The minimum absolute atomic E-state index is 0.114. The number of benzene rings is 2. The molecule has 0 spiro atoms. The molecule has 0 atom stereocenters. The van der Waals surface area contributed by atoms with Gasteiger partial charge < -0.3 is 14.4 Å². The third-order valence-electron chi connectivity index (χ3n) is 4.36. The largest absolute Gasteiger partial charge is 0.333 e. The first-order valence-electron chi connectivity index (χ1n) is 9.05. The highest BCUT2D eigenvalue weighted by molar-refractivity contribution is 5.90. The summed E-state index contributed by atoms with van der Waals surface area (Å²) in [7, 11) is 0. The van der Waals surface area contributed by atoms with Crippen molar-refractivity contribution in [2.45, 2.75) is 13.5 Å². The maximum Gasteiger partial charge on any atom is 0.263 e. The van der Waals surface area contributed by atoms with Crippen LogP contribution in [0.4, 0.5) is 5.69 Å². The Bertz CT molecular complexity index is 1190. The Kier molecular flexibility index (Phi) is 5.03. The molecule has 1 N–H and O–H groups in total. The van der Waals surface area contributed by atoms with Crippen molar-refractivity contribution in [3.05, 3.63) is 88.8 Å². The van der Waals surface area contributed by atoms with Gasteiger partial charge in [-0.3, -0.25) is 9.59 Å². The van der Waals surface area contributed by atoms with Crippen LogP contribution in [-0.4, -0.2) is 20.6 Å². The first-order valence-corrected chi connectivity index (χ1v) is 9.05. The van der Waals surface area contributed by atoms with Crippen molar-refractivity contribution in [2.24, 2.45) is 0 Å². The lowest BCUT2D eigenvalue weighted by atomic mass is 10.1. The molecule has 144 valence electrons. The van der Waals surface area contributed by atoms with Crippen molar-refractivity contribution in [3.8, 4) is 22.8 Å². The van der Waals surface area contributed by atoms with Crippen LogP contribution in [0.5, 0.6) is 0 Å². The van der Waals surface area contributed by atoms with E-state index in [2.05, 4.69) is 15.5 Å². The Labute approximate surface area is 166 Å². The fraction of sp³-hybridized carbons (Fsp3) is 0.0909. The lowest BCUT2D eigenvalue weighted by Gasteiger charge is -2.08. The van der Waals surface area contributed by atoms with Crippen LogP contribution in [0.25, 0.3) is 22.8 Å². The van der Waals surface area contributed by atoms with Crippen LogP contribution in [0.2, 0.25) is 0 Å². The van der Waals surface area contributed by atoms with Crippen molar-refractivity contribution in [3.63, 3.8) is 0 Å². The molecule has 0 unspecified atom stereocenters. The summed E-state index contributed by atoms with van der Waals surface area (Å²) in [5.41, 5.74) is 2.45. The molecule has 0 saturated carbocycles. The molecular weight excluding hydrogens is 368 g/mol. The average molecular weight is 386 g/mol. The van der Waals surface area contributed by atoms with Gasteiger partial charge in [-0.1, -0.05) is 53.2 Å². The average Bonchev–Trinajstić information content (AvgIpc) is 3.21. The van der Waals surface area contributed by atoms with Crippen LogP contribution >= 0.6 is 0 Å². The maximum absolute atomic E-state index is 12.8. The molecule has 4 rings (SSSR count). The summed E-state index contributed by atoms with van der Waals surface area (Å²) in [4.78, 5) is 29.4. The molecule has 29 heavy (non-hydrogen) atoms. The minimum atomic E-state index is -0.380. The third kappa shape index (κ3) is 4.14. The fourth-order valence-corrected chi connectivity index (χ4v) is 2.85. The van der Waals surface area contributed by atoms with Gasteiger partial charge >= 0.3 is 0 Å². The van der Waals surface area contributed by atoms with Crippen LogP contribution in [0.15, 0.2) is 82.2 Å². The van der Waals surface area contributed by atoms with E-state index in [0.717, 1.165) is 11.1 Å². The Balaban J connectivity index is 1.56. The number of para-hydroxylation sites is 1. The Morgan fingerprint density at radius 2 is 1.79 bits per heavy atom. The zero-order chi connectivity index (χ0) is 20.2. The summed E-state index contributed by atoms with van der Waals surface area (Å²) in [5, 5.41) is 6.72. The van der Waals surface area contributed by atoms with Crippen molar-refractivity contribution in [1.82, 2.24) is 14.7 Å². The molecule has 0 aliphatic carbocycles. The van der Waals surface area contributed by atoms with E-state index in [1.165, 1.54) is 4.57 Å². The van der Waals surface area contributed by atoms with Gasteiger partial charge in [-0.15, -0.1) is 0 Å². The normalized spacial score (nSPS) is 10.7. The van der Waals surface area contributed by atoms with E-state index < -0.39 is 0 Å². The molecule has 2 aromatic carbocycles. The summed E-state index contributed by atoms with van der Waals surface area (Å²) in [5.74, 6) is 0.210. The van der Waals surface area contributed by atoms with Crippen LogP contribution in [0, 0.1) is 6.92 Å². The third-order valence-corrected chi connectivity index (χ3v) is 4.36. The first-order chi connectivity index (χ1) is 14.1. The molecule has 4 aromatic rings. The molecular formula is C22H18N4O3. The number of nitrogens with zero attached hydrogens (tertiary/aromatic N) is 3. The van der Waals surface area contributed by atoms with Crippen LogP contribution < -0.4 is 10.9 Å². The number of carbonyl (C=O) groups is 1. The summed E-state index contributed by atoms with van der Waals surface area (Å²) < 4.78 is 6.61. The zero-order valence-corrected chi connectivity index (χ0v) is 15.7. The zero-order valence-electron chi connectivity index (χ0n) is 15.7. The number of aryl methyl sites for hydroxylation is 1. The van der Waals surface area contributed by atoms with Crippen molar-refractivity contribution in [2.75, 3.05) is 5.32 Å². The lowest BCUT2D eigenvalue weighted by molar-refractivity contribution is -0.116. The predicted molar refractivity (Wildman–Crippen MR) is 109 cm³/mol. The highest BCUT2D eigenvalue weighted by Crippen LogP contribution is 2.20. The van der Waals surface area contributed by atoms with Gasteiger partial charge in [0.15, 0.2) is 0 Å². The quantitative estimate of drug-likeness (QED) is 0.567. The number of anilines is 1. The van der Waals surface area contributed by atoms with E-state index in [4.69, 9.17) is 4.52 Å². The van der Waals surface area contributed by atoms with Gasteiger partial charge in [0.05, 0.1) is 0 Å². The number of nitrogens with one attached hydrogen (secondary N) is 1. The second-order valence-electron chi connectivity index (χ2n) is 6.56. The number of pyridine rings is 1. The number of rotatable bonds is 5. The van der Waals surface area contributed by atoms with Gasteiger partial charge in [0.1, 0.15) is 12.1 Å². The molecule has 7 heteroatoms. The number of amides is 1. The maximum atomic E-state index is 12.8. The molecule has 0 aliphatic rings. The molecule has 2 aromatic heterocycles. The fourth-order valence-electron chi connectivity index (χ4n) is 2.85. The van der Waals surface area contributed by atoms with Gasteiger partial charge in [0.2, 0.25) is 11.7 Å². The van der Waals surface area contributed by atoms with E-state index in [9.17, 15) is 9.59 Å². The summed E-state index contributed by atoms with van der Waals surface area (Å²) in [6.07, 6.45) is 1.55. The standard InChI is InChI=1S/C22H18N4O3/c1-15-9-11-16(12-10-15)20-24-21(29-25-20)18-8-5-13-26(22(18)28)14-19(27)23-17-6-3-2-4-7-17/h2-13H,14H2,1H3,(H,23,27). The highest BCUT2D eigenvalue weighted by atomic mass is 16.5. The number of hydrogen-bond donors (Lipinski definition) is 1. The van der Waals surface area contributed by atoms with Gasteiger partial charge in [-0.25, -0.2) is 0 Å². The van der Waals surface area contributed by atoms with E-state index in [1.54, 1.807) is 30.5 Å². The van der Waals surface area contributed by atoms with E-state index in [-0.39, 0.29) is 29.5 Å². The van der Waals surface area contributed by atoms with E-state index in [1.807, 2.05) is 49.4 Å². The topological polar surface area (TPSA) is 90.0 Å². The monoisotopic (exact) mass is 386 g/mol. The SMILES string of the molecule is Cc1ccc(-c2noc(-c3cccn(CC(=O)Nc4ccccc4)c3=O)n2)cc1. The summed E-state index contributed by atoms with van der Waals surface area (Å²) >= 11 is 0. The molecule has 2 heterocycles. The molecule has 7 nitrogen and oxygen atoms in total. The first kappa shape index (κ1) is 18.4. The van der Waals surface area contributed by atoms with Crippen LogP contribution in [-0.2, 0) is 11.3 Å². The summed E-state index contributed by atoms with van der Waals surface area (Å²) in [6.45, 7) is 1.87. The lowest BCUT2D eigenvalue weighted by Crippen LogP contribution is -2.28. The minimum Gasteiger partial charge on any atom is -0.333 e. The summed E-state index contributed by atoms with van der Waals surface area (Å²) in [6, 6.07) is 20.0. The van der Waals surface area contributed by atoms with Crippen LogP contribution in [0.1, 0.15) is 5.56 Å². The molecule has 0 aliphatic heterocycles. The number of aromatic nitrogens is 3. The van der Waals surface area contributed by atoms with Crippen LogP contribution in [0.3, 0.4) is 0 Å². The van der Waals surface area contributed by atoms with E-state index in [0.29, 0.717) is 11.5 Å². The predicted octanol–water partition coefficient (Wildman–Crippen LogP) is 3.51. The Hall–Kier alpha value is -4.00. The molecule has 1 amide bonds. The highest BCUT2D eigenvalue weighted by Gasteiger charge is 2.16. The Morgan fingerprint density at radius 3 is 2.55 bits per heavy atom. The Morgan fingerprint density at radius 1 is 1.03 bits per heavy atom. The number of carbonyl (C=O) groups excluding carboxylic acids is 1. The molecule has 0 fully saturated rings. The van der Waals surface area contributed by atoms with Gasteiger partial charge in [0, 0.05) is 17.4 Å². The smallest absolute Gasteiger partial charge is 0.263 e. The van der Waals surface area contributed by atoms with Crippen molar-refractivity contribution < 1.29 is 9.32 Å². The molecule has 0 radical (unpaired) electrons. The van der Waals surface area contributed by atoms with Crippen molar-refractivity contribution >= 4 is 11.6 Å². The number of hydrogen-bond acceptors (Lipinski definition) is 5. The molecule has 0 bridgehead atoms. The van der Waals surface area contributed by atoms with Gasteiger partial charge in [-0.05, 0) is 31.2 Å². The van der Waals surface area contributed by atoms with Crippen molar-refractivity contribution in [1.29, 1.82) is 0 Å². The second kappa shape index (κ2) is 7.93.